The van der Waals surface area contributed by atoms with Gasteiger partial charge in [-0.1, -0.05) is 19.1 Å². The van der Waals surface area contributed by atoms with Gasteiger partial charge in [0.25, 0.3) is 0 Å². The molecule has 17 heavy (non-hydrogen) atoms. The van der Waals surface area contributed by atoms with Crippen LogP contribution in [0.25, 0.3) is 0 Å². The Labute approximate surface area is 99.9 Å². The van der Waals surface area contributed by atoms with Gasteiger partial charge in [0.15, 0.2) is 0 Å². The second-order valence-corrected chi connectivity index (χ2v) is 3.68. The summed E-state index contributed by atoms with van der Waals surface area (Å²) in [5.74, 6) is -0.867. The van der Waals surface area contributed by atoms with Crippen molar-refractivity contribution in [2.75, 3.05) is 19.7 Å². The van der Waals surface area contributed by atoms with Gasteiger partial charge in [0, 0.05) is 6.54 Å². The Hall–Kier alpha value is -1.59. The third kappa shape index (κ3) is 3.44. The molecule has 0 aliphatic heterocycles. The van der Waals surface area contributed by atoms with E-state index in [1.165, 1.54) is 12.1 Å². The molecule has 0 heterocycles. The van der Waals surface area contributed by atoms with Gasteiger partial charge in [-0.3, -0.25) is 9.69 Å². The van der Waals surface area contributed by atoms with Gasteiger partial charge in [0.2, 0.25) is 0 Å². The minimum absolute atomic E-state index is 0.0876. The zero-order valence-corrected chi connectivity index (χ0v) is 9.71. The molecule has 5 nitrogen and oxygen atoms in total. The molecule has 0 saturated heterocycles. The summed E-state index contributed by atoms with van der Waals surface area (Å²) in [6, 6.07) is 5.27. The molecule has 1 aromatic rings. The first kappa shape index (κ1) is 13.5. The van der Waals surface area contributed by atoms with Gasteiger partial charge in [0.05, 0.1) is 6.61 Å². The lowest BCUT2D eigenvalue weighted by Crippen LogP contribution is -2.36. The van der Waals surface area contributed by atoms with E-state index in [4.69, 9.17) is 5.11 Å². The average Bonchev–Trinajstić information content (AvgIpc) is 2.30. The number of nitrogens with zero attached hydrogens (tertiary/aromatic N) is 1. The molecule has 0 saturated carbocycles. The summed E-state index contributed by atoms with van der Waals surface area (Å²) in [6.07, 6.45) is 0. The Kier molecular flexibility index (Phi) is 4.93. The molecule has 0 fully saturated rings. The smallest absolute Gasteiger partial charge is 0.325 e. The number of carboxylic acid groups (broad SMARTS) is 1. The summed E-state index contributed by atoms with van der Waals surface area (Å²) >= 11 is 0. The van der Waals surface area contributed by atoms with Gasteiger partial charge in [-0.2, -0.15) is 0 Å². The summed E-state index contributed by atoms with van der Waals surface area (Å²) in [6.45, 7) is 2.58. The maximum absolute atomic E-state index is 11.3. The SMILES string of the molecule is CCN(CCO)C(C(=O)O)c1ccc(O)cc1. The van der Waals surface area contributed by atoms with E-state index in [9.17, 15) is 15.0 Å². The summed E-state index contributed by atoms with van der Waals surface area (Å²) in [4.78, 5) is 12.9. The number of aromatic hydroxyl groups is 1. The zero-order chi connectivity index (χ0) is 12.8. The van der Waals surface area contributed by atoms with Gasteiger partial charge < -0.3 is 15.3 Å². The van der Waals surface area contributed by atoms with Crippen LogP contribution in [0.15, 0.2) is 24.3 Å². The molecule has 0 aliphatic carbocycles. The third-order valence-corrected chi connectivity index (χ3v) is 2.60. The summed E-state index contributed by atoms with van der Waals surface area (Å²) in [7, 11) is 0. The number of hydrogen-bond acceptors (Lipinski definition) is 4. The highest BCUT2D eigenvalue weighted by molar-refractivity contribution is 5.75. The van der Waals surface area contributed by atoms with E-state index in [0.717, 1.165) is 0 Å². The molecule has 94 valence electrons. The molecule has 0 aliphatic rings. The van der Waals surface area contributed by atoms with Crippen molar-refractivity contribution < 1.29 is 20.1 Å². The normalized spacial score (nSPS) is 12.6. The molecule has 3 N–H and O–H groups in total. The molecule has 0 bridgehead atoms. The van der Waals surface area contributed by atoms with Crippen molar-refractivity contribution in [1.82, 2.24) is 4.90 Å². The van der Waals surface area contributed by atoms with Crippen molar-refractivity contribution in [2.24, 2.45) is 0 Å². The molecule has 1 aromatic carbocycles. The van der Waals surface area contributed by atoms with E-state index < -0.39 is 12.0 Å². The standard InChI is InChI=1S/C12H17NO4/c1-2-13(7-8-14)11(12(16)17)9-3-5-10(15)6-4-9/h3-6,11,14-15H,2,7-8H2,1H3,(H,16,17). The second-order valence-electron chi connectivity index (χ2n) is 3.68. The van der Waals surface area contributed by atoms with Gasteiger partial charge in [-0.05, 0) is 24.2 Å². The first-order chi connectivity index (χ1) is 8.10. The van der Waals surface area contributed by atoms with Crippen molar-refractivity contribution in [2.45, 2.75) is 13.0 Å². The largest absolute Gasteiger partial charge is 0.508 e. The number of aliphatic hydroxyl groups is 1. The van der Waals surface area contributed by atoms with Crippen LogP contribution >= 0.6 is 0 Å². The number of aliphatic carboxylic acids is 1. The Morgan fingerprint density at radius 1 is 1.35 bits per heavy atom. The molecular weight excluding hydrogens is 222 g/mol. The molecule has 0 spiro atoms. The first-order valence-electron chi connectivity index (χ1n) is 5.46. The van der Waals surface area contributed by atoms with Crippen molar-refractivity contribution >= 4 is 5.97 Å². The monoisotopic (exact) mass is 239 g/mol. The minimum atomic E-state index is -0.967. The first-order valence-corrected chi connectivity index (χ1v) is 5.46. The molecule has 1 rings (SSSR count). The highest BCUT2D eigenvalue weighted by atomic mass is 16.4. The number of hydrogen-bond donors (Lipinski definition) is 3. The maximum atomic E-state index is 11.3. The van der Waals surface area contributed by atoms with E-state index in [1.807, 2.05) is 6.92 Å². The number of carboxylic acids is 1. The van der Waals surface area contributed by atoms with E-state index in [2.05, 4.69) is 0 Å². The topological polar surface area (TPSA) is 81.0 Å². The molecule has 5 heteroatoms. The number of phenols is 1. The van der Waals surface area contributed by atoms with Crippen LogP contribution in [-0.2, 0) is 4.79 Å². The Balaban J connectivity index is 2.99. The molecule has 1 unspecified atom stereocenters. The lowest BCUT2D eigenvalue weighted by Gasteiger charge is -2.27. The number of benzene rings is 1. The lowest BCUT2D eigenvalue weighted by atomic mass is 10.1. The van der Waals surface area contributed by atoms with Crippen LogP contribution in [0, 0.1) is 0 Å². The summed E-state index contributed by atoms with van der Waals surface area (Å²) in [5, 5.41) is 27.3. The Morgan fingerprint density at radius 2 is 1.94 bits per heavy atom. The van der Waals surface area contributed by atoms with Crippen LogP contribution in [0.1, 0.15) is 18.5 Å². The van der Waals surface area contributed by atoms with Crippen LogP contribution in [0.5, 0.6) is 5.75 Å². The fraction of sp³-hybridized carbons (Fsp3) is 0.417. The summed E-state index contributed by atoms with van der Waals surface area (Å²) < 4.78 is 0. The number of phenolic OH excluding ortho intramolecular Hbond substituents is 1. The van der Waals surface area contributed by atoms with E-state index in [0.29, 0.717) is 18.7 Å². The maximum Gasteiger partial charge on any atom is 0.325 e. The van der Waals surface area contributed by atoms with E-state index in [1.54, 1.807) is 17.0 Å². The van der Waals surface area contributed by atoms with Crippen LogP contribution in [0.3, 0.4) is 0 Å². The fourth-order valence-electron chi connectivity index (χ4n) is 1.76. The predicted octanol–water partition coefficient (Wildman–Crippen LogP) is 0.832. The van der Waals surface area contributed by atoms with Gasteiger partial charge in [-0.15, -0.1) is 0 Å². The van der Waals surface area contributed by atoms with Crippen LogP contribution < -0.4 is 0 Å². The van der Waals surface area contributed by atoms with Gasteiger partial charge in [0.1, 0.15) is 11.8 Å². The molecular formula is C12H17NO4. The van der Waals surface area contributed by atoms with Crippen LogP contribution in [0.2, 0.25) is 0 Å². The van der Waals surface area contributed by atoms with Gasteiger partial charge in [-0.25, -0.2) is 0 Å². The fourth-order valence-corrected chi connectivity index (χ4v) is 1.76. The molecule has 0 amide bonds. The predicted molar refractivity (Wildman–Crippen MR) is 62.8 cm³/mol. The Morgan fingerprint density at radius 3 is 2.35 bits per heavy atom. The Bertz CT molecular complexity index is 363. The zero-order valence-electron chi connectivity index (χ0n) is 9.71. The van der Waals surface area contributed by atoms with Crippen molar-refractivity contribution in [1.29, 1.82) is 0 Å². The number of rotatable bonds is 6. The van der Waals surface area contributed by atoms with E-state index >= 15 is 0 Å². The highest BCUT2D eigenvalue weighted by Crippen LogP contribution is 2.22. The minimum Gasteiger partial charge on any atom is -0.508 e. The van der Waals surface area contributed by atoms with Crippen molar-refractivity contribution in [3.8, 4) is 5.75 Å². The average molecular weight is 239 g/mol. The number of carbonyl (C=O) groups is 1. The van der Waals surface area contributed by atoms with Crippen LogP contribution in [0.4, 0.5) is 0 Å². The second kappa shape index (κ2) is 6.22. The van der Waals surface area contributed by atoms with Crippen LogP contribution in [-0.4, -0.2) is 45.9 Å². The highest BCUT2D eigenvalue weighted by Gasteiger charge is 2.25. The number of aliphatic hydroxyl groups excluding tert-OH is 1. The molecule has 0 aromatic heterocycles. The third-order valence-electron chi connectivity index (χ3n) is 2.60. The lowest BCUT2D eigenvalue weighted by molar-refractivity contribution is -0.143. The molecule has 1 atom stereocenters. The van der Waals surface area contributed by atoms with Crippen molar-refractivity contribution in [3.63, 3.8) is 0 Å². The summed E-state index contributed by atoms with van der Waals surface area (Å²) in [5.41, 5.74) is 0.589. The number of likely N-dealkylation sites (N-methyl/N-ethyl adjacent to an activating group) is 1. The van der Waals surface area contributed by atoms with Gasteiger partial charge >= 0.3 is 5.97 Å². The van der Waals surface area contributed by atoms with Crippen molar-refractivity contribution in [3.05, 3.63) is 29.8 Å². The quantitative estimate of drug-likeness (QED) is 0.685. The van der Waals surface area contributed by atoms with E-state index in [-0.39, 0.29) is 12.4 Å². The molecule has 0 radical (unpaired) electrons.